The average Bonchev–Trinajstić information content (AvgIpc) is 2.76. The number of ether oxygens (including phenoxy) is 2. The normalized spacial score (nSPS) is 16.6. The van der Waals surface area contributed by atoms with E-state index in [-0.39, 0.29) is 26.1 Å². The van der Waals surface area contributed by atoms with Crippen molar-refractivity contribution in [2.24, 2.45) is 5.41 Å². The van der Waals surface area contributed by atoms with Gasteiger partial charge in [0.2, 0.25) is 0 Å². The molecule has 1 aliphatic carbocycles. The molecule has 0 amide bonds. The molecule has 1 rings (SSSR count). The smallest absolute Gasteiger partial charge is 0.327 e. The number of unbranched alkanes of at least 4 members (excludes halogenated alkanes) is 2. The molecular weight excluding hydrogens is 288 g/mol. The Morgan fingerprint density at radius 1 is 0.955 bits per heavy atom. The molecule has 0 saturated heterocycles. The van der Waals surface area contributed by atoms with Crippen molar-refractivity contribution in [3.05, 3.63) is 0 Å². The van der Waals surface area contributed by atoms with E-state index >= 15 is 0 Å². The van der Waals surface area contributed by atoms with Gasteiger partial charge in [-0.3, -0.25) is 19.2 Å². The zero-order chi connectivity index (χ0) is 16.6. The highest BCUT2D eigenvalue weighted by molar-refractivity contribution is 6.27. The monoisotopic (exact) mass is 312 g/mol. The van der Waals surface area contributed by atoms with Crippen LogP contribution in [-0.4, -0.2) is 36.7 Å². The Balaban J connectivity index is 2.80. The summed E-state index contributed by atoms with van der Waals surface area (Å²) in [5, 5.41) is 0. The van der Waals surface area contributed by atoms with Gasteiger partial charge in [-0.2, -0.15) is 0 Å². The number of Topliss-reactive ketones (excluding diaryl/α,β-unsaturated/α-hetero) is 2. The number of rotatable bonds is 9. The Labute approximate surface area is 130 Å². The maximum absolute atomic E-state index is 12.3. The van der Waals surface area contributed by atoms with Crippen molar-refractivity contribution < 1.29 is 28.7 Å². The van der Waals surface area contributed by atoms with Gasteiger partial charge < -0.3 is 9.47 Å². The van der Waals surface area contributed by atoms with Crippen LogP contribution >= 0.6 is 0 Å². The first-order valence-electron chi connectivity index (χ1n) is 7.88. The van der Waals surface area contributed by atoms with E-state index in [9.17, 15) is 19.2 Å². The largest absolute Gasteiger partial charge is 0.466 e. The Bertz CT molecular complexity index is 424. The second kappa shape index (κ2) is 8.66. The van der Waals surface area contributed by atoms with E-state index < -0.39 is 35.3 Å². The van der Waals surface area contributed by atoms with Gasteiger partial charge in [0, 0.05) is 12.8 Å². The van der Waals surface area contributed by atoms with Gasteiger partial charge in [-0.15, -0.1) is 0 Å². The second-order valence-electron chi connectivity index (χ2n) is 5.49. The Morgan fingerprint density at radius 2 is 1.45 bits per heavy atom. The van der Waals surface area contributed by atoms with Crippen LogP contribution in [0.5, 0.6) is 0 Å². The maximum atomic E-state index is 12.3. The van der Waals surface area contributed by atoms with Crippen LogP contribution in [-0.2, 0) is 28.7 Å². The van der Waals surface area contributed by atoms with Crippen molar-refractivity contribution in [3.63, 3.8) is 0 Å². The lowest BCUT2D eigenvalue weighted by Gasteiger charge is -2.22. The Hall–Kier alpha value is -1.72. The van der Waals surface area contributed by atoms with Gasteiger partial charge >= 0.3 is 11.9 Å². The third kappa shape index (κ3) is 4.15. The van der Waals surface area contributed by atoms with Crippen LogP contribution < -0.4 is 0 Å². The van der Waals surface area contributed by atoms with E-state index in [0.717, 1.165) is 12.8 Å². The minimum absolute atomic E-state index is 0.0239. The molecule has 1 saturated carbocycles. The van der Waals surface area contributed by atoms with Gasteiger partial charge in [0.25, 0.3) is 0 Å². The van der Waals surface area contributed by atoms with Gasteiger partial charge in [-0.05, 0) is 12.8 Å². The van der Waals surface area contributed by atoms with Crippen LogP contribution in [0.4, 0.5) is 0 Å². The molecule has 1 aliphatic rings. The van der Waals surface area contributed by atoms with E-state index in [1.165, 1.54) is 0 Å². The lowest BCUT2D eigenvalue weighted by atomic mass is 9.81. The standard InChI is InChI=1S/C16H24O6/c1-3-5-9-21-14(19)11-16(12(17)7-8-13(16)18)15(20)22-10-6-4-2/h3-11H2,1-2H3. The summed E-state index contributed by atoms with van der Waals surface area (Å²) in [6.07, 6.45) is 2.43. The third-order valence-corrected chi connectivity index (χ3v) is 3.78. The molecule has 0 bridgehead atoms. The molecule has 0 spiro atoms. The van der Waals surface area contributed by atoms with Crippen LogP contribution in [0.3, 0.4) is 0 Å². The van der Waals surface area contributed by atoms with Crippen molar-refractivity contribution in [3.8, 4) is 0 Å². The quantitative estimate of drug-likeness (QED) is 0.367. The van der Waals surface area contributed by atoms with Crippen molar-refractivity contribution >= 4 is 23.5 Å². The average molecular weight is 312 g/mol. The Morgan fingerprint density at radius 3 is 1.95 bits per heavy atom. The van der Waals surface area contributed by atoms with Gasteiger partial charge in [0.05, 0.1) is 19.6 Å². The van der Waals surface area contributed by atoms with Crippen LogP contribution in [0.1, 0.15) is 58.8 Å². The lowest BCUT2D eigenvalue weighted by Crippen LogP contribution is -2.44. The number of hydrogen-bond acceptors (Lipinski definition) is 6. The van der Waals surface area contributed by atoms with Crippen LogP contribution in [0, 0.1) is 5.41 Å². The molecule has 6 nitrogen and oxygen atoms in total. The minimum atomic E-state index is -1.98. The fourth-order valence-corrected chi connectivity index (χ4v) is 2.34. The van der Waals surface area contributed by atoms with Crippen LogP contribution in [0.15, 0.2) is 0 Å². The predicted octanol–water partition coefficient (Wildman–Crippen LogP) is 1.98. The molecule has 0 aromatic carbocycles. The molecule has 0 aromatic rings. The van der Waals surface area contributed by atoms with Gasteiger partial charge in [0.15, 0.2) is 17.0 Å². The van der Waals surface area contributed by atoms with Crippen molar-refractivity contribution in [1.29, 1.82) is 0 Å². The summed E-state index contributed by atoms with van der Waals surface area (Å²) in [6.45, 7) is 4.24. The number of ketones is 2. The molecule has 6 heteroatoms. The highest BCUT2D eigenvalue weighted by atomic mass is 16.5. The first kappa shape index (κ1) is 18.3. The van der Waals surface area contributed by atoms with Crippen molar-refractivity contribution in [2.75, 3.05) is 13.2 Å². The molecule has 0 unspecified atom stereocenters. The second-order valence-corrected chi connectivity index (χ2v) is 5.49. The van der Waals surface area contributed by atoms with Gasteiger partial charge in [-0.25, -0.2) is 0 Å². The van der Waals surface area contributed by atoms with E-state index in [1.54, 1.807) is 0 Å². The summed E-state index contributed by atoms with van der Waals surface area (Å²) in [7, 11) is 0. The molecule has 0 aromatic heterocycles. The fraction of sp³-hybridized carbons (Fsp3) is 0.750. The van der Waals surface area contributed by atoms with Crippen molar-refractivity contribution in [1.82, 2.24) is 0 Å². The molecule has 0 radical (unpaired) electrons. The molecule has 124 valence electrons. The fourth-order valence-electron chi connectivity index (χ4n) is 2.34. The molecule has 0 aliphatic heterocycles. The zero-order valence-electron chi connectivity index (χ0n) is 13.3. The summed E-state index contributed by atoms with van der Waals surface area (Å²) in [6, 6.07) is 0. The van der Waals surface area contributed by atoms with E-state index in [2.05, 4.69) is 0 Å². The Kier molecular flexibility index (Phi) is 7.21. The molecule has 22 heavy (non-hydrogen) atoms. The lowest BCUT2D eigenvalue weighted by molar-refractivity contribution is -0.168. The molecule has 1 fully saturated rings. The highest BCUT2D eigenvalue weighted by Gasteiger charge is 2.58. The third-order valence-electron chi connectivity index (χ3n) is 3.78. The summed E-state index contributed by atoms with van der Waals surface area (Å²) in [5.74, 6) is -2.68. The van der Waals surface area contributed by atoms with E-state index in [1.807, 2.05) is 13.8 Å². The summed E-state index contributed by atoms with van der Waals surface area (Å²) in [4.78, 5) is 48.4. The molecule has 0 heterocycles. The zero-order valence-corrected chi connectivity index (χ0v) is 13.3. The predicted molar refractivity (Wildman–Crippen MR) is 78.0 cm³/mol. The van der Waals surface area contributed by atoms with E-state index in [0.29, 0.717) is 12.8 Å². The van der Waals surface area contributed by atoms with Crippen LogP contribution in [0.2, 0.25) is 0 Å². The van der Waals surface area contributed by atoms with Gasteiger partial charge in [-0.1, -0.05) is 26.7 Å². The van der Waals surface area contributed by atoms with Crippen molar-refractivity contribution in [2.45, 2.75) is 58.8 Å². The summed E-state index contributed by atoms with van der Waals surface area (Å²) in [5.41, 5.74) is -1.98. The number of hydrogen-bond donors (Lipinski definition) is 0. The maximum Gasteiger partial charge on any atom is 0.327 e. The molecule has 0 atom stereocenters. The van der Waals surface area contributed by atoms with Gasteiger partial charge in [0.1, 0.15) is 0 Å². The first-order valence-corrected chi connectivity index (χ1v) is 7.88. The number of carbonyl (C=O) groups excluding carboxylic acids is 4. The molecular formula is C16H24O6. The van der Waals surface area contributed by atoms with E-state index in [4.69, 9.17) is 9.47 Å². The first-order chi connectivity index (χ1) is 10.5. The highest BCUT2D eigenvalue weighted by Crippen LogP contribution is 2.36. The van der Waals surface area contributed by atoms with Crippen LogP contribution in [0.25, 0.3) is 0 Å². The minimum Gasteiger partial charge on any atom is -0.466 e. The topological polar surface area (TPSA) is 86.7 Å². The SMILES string of the molecule is CCCCOC(=O)CC1(C(=O)OCCCC)C(=O)CCC1=O. The summed E-state index contributed by atoms with van der Waals surface area (Å²) >= 11 is 0. The number of esters is 2. The molecule has 0 N–H and O–H groups in total. The number of carbonyl (C=O) groups is 4. The summed E-state index contributed by atoms with van der Waals surface area (Å²) < 4.78 is 10.0.